The number of rotatable bonds is 58. The van der Waals surface area contributed by atoms with Crippen LogP contribution in [0.1, 0.15) is 272 Å². The van der Waals surface area contributed by atoms with Gasteiger partial charge in [0.15, 0.2) is 12.6 Å². The van der Waals surface area contributed by atoms with Gasteiger partial charge in [0.1, 0.15) is 54.5 Å². The van der Waals surface area contributed by atoms with Crippen molar-refractivity contribution in [1.29, 1.82) is 0 Å². The summed E-state index contributed by atoms with van der Waals surface area (Å²) >= 11 is 0. The van der Waals surface area contributed by atoms with E-state index in [1.807, 2.05) is 0 Å². The van der Waals surface area contributed by atoms with Crippen molar-refractivity contribution >= 4 is 33.2 Å². The molecular weight excluding hydrogens is 1170 g/mol. The molecule has 0 saturated carbocycles. The number of ether oxygens (including phenoxy) is 7. The fourth-order valence-electron chi connectivity index (χ4n) is 11.4. The zero-order chi connectivity index (χ0) is 64.7. The molecule has 0 aromatic carbocycles. The molecule has 2 saturated heterocycles. The van der Waals surface area contributed by atoms with E-state index in [0.29, 0.717) is 25.7 Å². The van der Waals surface area contributed by atoms with Gasteiger partial charge in [-0.2, -0.15) is 0 Å². The van der Waals surface area contributed by atoms with E-state index in [-0.39, 0.29) is 44.5 Å². The summed E-state index contributed by atoms with van der Waals surface area (Å²) < 4.78 is 85.4. The van der Waals surface area contributed by atoms with Gasteiger partial charge >= 0.3 is 15.6 Å². The van der Waals surface area contributed by atoms with Crippen molar-refractivity contribution in [2.24, 2.45) is 0 Å². The molecule has 2 aliphatic heterocycles. The molecule has 12 atom stereocenters. The van der Waals surface area contributed by atoms with Crippen molar-refractivity contribution in [3.05, 3.63) is 12.2 Å². The second-order valence-electron chi connectivity index (χ2n) is 24.3. The third-order valence-corrected chi connectivity index (χ3v) is 18.0. The standard InChI is InChI=1S/C65H124N2O19P2/c1-8-12-16-20-23-26-27-28-29-31-33-37-41-45-56(69)66-59-63(81-48-46-53(78-6)44-40-35-19-15-11-4)61(85-87(72,73)74)55(50-77-5)84-64(59)82-51-54-60(71)62(80-47-42-38-34-25-22-18-14-10-3)58(65(83-54)86-88(75,76)79-7)67-57(70)49-52(68)43-39-36-32-30-24-21-17-13-9-2/h26-27,53-55,58-65,71H,8-25,28-51H2,1-7H3,(H,66,69)(H,67,70)(H,75,76)(H2,72,73,74)/b27-26-. The van der Waals surface area contributed by atoms with Crippen LogP contribution in [0.5, 0.6) is 0 Å². The molecule has 88 heavy (non-hydrogen) atoms. The van der Waals surface area contributed by atoms with Gasteiger partial charge in [0, 0.05) is 47.4 Å². The minimum Gasteiger partial charge on any atom is -0.388 e. The maximum absolute atomic E-state index is 14.1. The SMILES string of the molecule is CCCCCC/C=C\CCCCCCCC(=O)NC1C(OCC2OC(OP(=O)(O)OC)C(NC(=O)CC(=O)CCCCCCCCCCC)C(OCCCCCCCCCC)C2O)OC(COC)C(OP(=O)(O)O)C1OCCC(CCCCCCC)OC. The number of aliphatic hydroxyl groups excluding tert-OH is 1. The topological polar surface area (TPSA) is 283 Å². The number of hydrogen-bond donors (Lipinski definition) is 6. The summed E-state index contributed by atoms with van der Waals surface area (Å²) in [7, 11) is -6.21. The molecule has 0 aromatic heterocycles. The van der Waals surface area contributed by atoms with E-state index in [0.717, 1.165) is 148 Å². The number of amides is 2. The fourth-order valence-corrected chi connectivity index (χ4v) is 12.5. The van der Waals surface area contributed by atoms with Gasteiger partial charge in [0.2, 0.25) is 11.8 Å². The lowest BCUT2D eigenvalue weighted by Gasteiger charge is -2.47. The Hall–Kier alpha value is -1.75. The molecule has 23 heteroatoms. The maximum Gasteiger partial charge on any atom is 0.474 e. The first kappa shape index (κ1) is 82.3. The van der Waals surface area contributed by atoms with E-state index in [2.05, 4.69) is 50.5 Å². The number of carbonyl (C=O) groups is 3. The van der Waals surface area contributed by atoms with Crippen LogP contribution in [0.15, 0.2) is 12.2 Å². The highest BCUT2D eigenvalue weighted by Gasteiger charge is 2.53. The summed E-state index contributed by atoms with van der Waals surface area (Å²) in [4.78, 5) is 72.6. The van der Waals surface area contributed by atoms with Crippen LogP contribution >= 0.6 is 15.6 Å². The summed E-state index contributed by atoms with van der Waals surface area (Å²) in [6, 6.07) is -2.74. The predicted octanol–water partition coefficient (Wildman–Crippen LogP) is 13.5. The molecule has 6 N–H and O–H groups in total. The largest absolute Gasteiger partial charge is 0.474 e. The summed E-state index contributed by atoms with van der Waals surface area (Å²) in [5, 5.41) is 18.1. The maximum atomic E-state index is 14.1. The van der Waals surface area contributed by atoms with Gasteiger partial charge in [-0.25, -0.2) is 9.13 Å². The molecule has 0 bridgehead atoms. The highest BCUT2D eigenvalue weighted by atomic mass is 31.2. The molecule has 0 spiro atoms. The second-order valence-corrected chi connectivity index (χ2v) is 27.0. The third kappa shape index (κ3) is 38.4. The average molecular weight is 1300 g/mol. The highest BCUT2D eigenvalue weighted by Crippen LogP contribution is 2.46. The van der Waals surface area contributed by atoms with E-state index >= 15 is 0 Å². The zero-order valence-electron chi connectivity index (χ0n) is 55.5. The molecule has 2 fully saturated rings. The highest BCUT2D eigenvalue weighted by molar-refractivity contribution is 7.47. The number of Topliss-reactive ketones (excluding diaryl/α,β-unsaturated/α-hetero) is 1. The van der Waals surface area contributed by atoms with Crippen LogP contribution in [0, 0.1) is 0 Å². The van der Waals surface area contributed by atoms with E-state index in [1.165, 1.54) is 64.9 Å². The van der Waals surface area contributed by atoms with Gasteiger partial charge in [-0.1, -0.05) is 207 Å². The Kier molecular flexibility index (Phi) is 48.3. The minimum atomic E-state index is -5.26. The van der Waals surface area contributed by atoms with Crippen LogP contribution < -0.4 is 10.6 Å². The molecule has 2 heterocycles. The van der Waals surface area contributed by atoms with Crippen LogP contribution in [-0.4, -0.2) is 153 Å². The van der Waals surface area contributed by atoms with Crippen molar-refractivity contribution in [3.63, 3.8) is 0 Å². The zero-order valence-corrected chi connectivity index (χ0v) is 57.3. The minimum absolute atomic E-state index is 0.0199. The number of methoxy groups -OCH3 is 2. The summed E-state index contributed by atoms with van der Waals surface area (Å²) in [6.45, 7) is 8.01. The Morgan fingerprint density at radius 2 is 0.977 bits per heavy atom. The molecule has 0 radical (unpaired) electrons. The Labute approximate surface area is 530 Å². The van der Waals surface area contributed by atoms with Crippen LogP contribution in [0.3, 0.4) is 0 Å². The Balaban J connectivity index is 2.50. The molecule has 2 aliphatic rings. The van der Waals surface area contributed by atoms with Crippen molar-refractivity contribution in [1.82, 2.24) is 10.6 Å². The van der Waals surface area contributed by atoms with E-state index in [1.54, 1.807) is 7.11 Å². The number of aliphatic hydroxyl groups is 1. The van der Waals surface area contributed by atoms with Gasteiger partial charge < -0.3 is 63.6 Å². The molecule has 12 unspecified atom stereocenters. The quantitative estimate of drug-likeness (QED) is 0.0143. The van der Waals surface area contributed by atoms with E-state index in [9.17, 15) is 43.3 Å². The number of phosphoric acid groups is 2. The van der Waals surface area contributed by atoms with Gasteiger partial charge in [-0.3, -0.25) is 28.0 Å². The normalized spacial score (nSPS) is 23.5. The lowest BCUT2D eigenvalue weighted by atomic mass is 9.95. The first-order valence-corrected chi connectivity index (χ1v) is 37.4. The predicted molar refractivity (Wildman–Crippen MR) is 342 cm³/mol. The van der Waals surface area contributed by atoms with Crippen LogP contribution in [0.25, 0.3) is 0 Å². The molecular formula is C65H124N2O19P2. The molecule has 0 aliphatic carbocycles. The molecule has 2 rings (SSSR count). The smallest absolute Gasteiger partial charge is 0.388 e. The number of phosphoric ester groups is 2. The van der Waals surface area contributed by atoms with Crippen LogP contribution in [0.4, 0.5) is 0 Å². The monoisotopic (exact) mass is 1300 g/mol. The summed E-state index contributed by atoms with van der Waals surface area (Å²) in [5.74, 6) is -1.44. The second kappa shape index (κ2) is 51.6. The number of allylic oxidation sites excluding steroid dienone is 2. The first-order chi connectivity index (χ1) is 42.5. The van der Waals surface area contributed by atoms with E-state index < -0.39 is 102 Å². The van der Waals surface area contributed by atoms with Crippen LogP contribution in [-0.2, 0) is 70.2 Å². The fraction of sp³-hybridized carbons (Fsp3) is 0.923. The first-order valence-electron chi connectivity index (χ1n) is 34.4. The van der Waals surface area contributed by atoms with Gasteiger partial charge in [-0.15, -0.1) is 0 Å². The molecule has 2 amide bonds. The van der Waals surface area contributed by atoms with Crippen molar-refractivity contribution in [2.75, 3.05) is 47.8 Å². The van der Waals surface area contributed by atoms with Gasteiger partial charge in [-0.05, 0) is 57.8 Å². The van der Waals surface area contributed by atoms with Gasteiger partial charge in [0.25, 0.3) is 0 Å². The van der Waals surface area contributed by atoms with Crippen molar-refractivity contribution < 1.29 is 90.0 Å². The number of unbranched alkanes of at least 4 members (excludes halogenated alkanes) is 28. The van der Waals surface area contributed by atoms with Crippen LogP contribution in [0.2, 0.25) is 0 Å². The average Bonchev–Trinajstić information content (AvgIpc) is 3.29. The van der Waals surface area contributed by atoms with Gasteiger partial charge in [0.05, 0.1) is 25.7 Å². The molecule has 518 valence electrons. The lowest BCUT2D eigenvalue weighted by Crippen LogP contribution is -2.67. The number of hydrogen-bond acceptors (Lipinski definition) is 16. The Morgan fingerprint density at radius 1 is 0.500 bits per heavy atom. The molecule has 21 nitrogen and oxygen atoms in total. The number of nitrogens with one attached hydrogen (secondary N) is 2. The third-order valence-electron chi connectivity index (χ3n) is 16.6. The van der Waals surface area contributed by atoms with Crippen molar-refractivity contribution in [2.45, 2.75) is 339 Å². The summed E-state index contributed by atoms with van der Waals surface area (Å²) in [6.07, 6.45) is 27.6. The summed E-state index contributed by atoms with van der Waals surface area (Å²) in [5.41, 5.74) is 0. The lowest BCUT2D eigenvalue weighted by molar-refractivity contribution is -0.301. The van der Waals surface area contributed by atoms with Crippen molar-refractivity contribution in [3.8, 4) is 0 Å². The van der Waals surface area contributed by atoms with E-state index in [4.69, 9.17) is 46.7 Å². The molecule has 0 aromatic rings. The number of ketones is 1. The Morgan fingerprint density at radius 3 is 1.52 bits per heavy atom. The number of carbonyl (C=O) groups excluding carboxylic acids is 3. The Bertz CT molecular complexity index is 1880.